The van der Waals surface area contributed by atoms with Gasteiger partial charge in [-0.25, -0.2) is 0 Å². The summed E-state index contributed by atoms with van der Waals surface area (Å²) in [6.07, 6.45) is 3.87. The molecule has 2 amide bonds. The first-order valence-corrected chi connectivity index (χ1v) is 8.49. The predicted octanol–water partition coefficient (Wildman–Crippen LogP) is 3.92. The summed E-state index contributed by atoms with van der Waals surface area (Å²) < 4.78 is 0. The van der Waals surface area contributed by atoms with Gasteiger partial charge >= 0.3 is 0 Å². The van der Waals surface area contributed by atoms with Crippen molar-refractivity contribution in [3.8, 4) is 0 Å². The third-order valence-corrected chi connectivity index (χ3v) is 4.50. The zero-order valence-electron chi connectivity index (χ0n) is 13.9. The van der Waals surface area contributed by atoms with E-state index in [1.165, 1.54) is 6.92 Å². The molecule has 0 bridgehead atoms. The third kappa shape index (κ3) is 4.09. The number of benzene rings is 2. The second-order valence-electron chi connectivity index (χ2n) is 5.99. The summed E-state index contributed by atoms with van der Waals surface area (Å²) in [5.74, 6) is -0.183. The molecule has 25 heavy (non-hydrogen) atoms. The number of hydrogen-bond donors (Lipinski definition) is 1. The van der Waals surface area contributed by atoms with Crippen molar-refractivity contribution < 1.29 is 9.59 Å². The summed E-state index contributed by atoms with van der Waals surface area (Å²) in [7, 11) is 0. The quantitative estimate of drug-likeness (QED) is 0.904. The molecule has 3 rings (SSSR count). The summed E-state index contributed by atoms with van der Waals surface area (Å²) >= 11 is 5.87. The van der Waals surface area contributed by atoms with Gasteiger partial charge in [-0.05, 0) is 34.9 Å². The predicted molar refractivity (Wildman–Crippen MR) is 98.7 cm³/mol. The van der Waals surface area contributed by atoms with Gasteiger partial charge in [0.1, 0.15) is 0 Å². The maximum Gasteiger partial charge on any atom is 0.223 e. The minimum atomic E-state index is -0.288. The van der Waals surface area contributed by atoms with Gasteiger partial charge < -0.3 is 10.2 Å². The van der Waals surface area contributed by atoms with Gasteiger partial charge in [0.15, 0.2) is 0 Å². The maximum atomic E-state index is 12.4. The normalized spacial score (nSPS) is 15.6. The van der Waals surface area contributed by atoms with Crippen molar-refractivity contribution in [3.63, 3.8) is 0 Å². The van der Waals surface area contributed by atoms with Crippen molar-refractivity contribution in [1.82, 2.24) is 10.2 Å². The number of amides is 2. The lowest BCUT2D eigenvalue weighted by atomic mass is 9.93. The lowest BCUT2D eigenvalue weighted by Gasteiger charge is -2.32. The molecule has 1 N–H and O–H groups in total. The molecule has 0 fully saturated rings. The smallest absolute Gasteiger partial charge is 0.223 e. The Morgan fingerprint density at radius 1 is 1.12 bits per heavy atom. The molecule has 0 radical (unpaired) electrons. The topological polar surface area (TPSA) is 49.4 Å². The van der Waals surface area contributed by atoms with Crippen LogP contribution in [0.3, 0.4) is 0 Å². The van der Waals surface area contributed by atoms with Crippen molar-refractivity contribution in [2.45, 2.75) is 25.9 Å². The lowest BCUT2D eigenvalue weighted by molar-refractivity contribution is -0.130. The van der Waals surface area contributed by atoms with E-state index in [0.717, 1.165) is 16.7 Å². The average Bonchev–Trinajstić information content (AvgIpc) is 2.61. The summed E-state index contributed by atoms with van der Waals surface area (Å²) in [6.45, 7) is 1.94. The first kappa shape index (κ1) is 17.2. The van der Waals surface area contributed by atoms with E-state index in [1.807, 2.05) is 42.5 Å². The van der Waals surface area contributed by atoms with Gasteiger partial charge in [-0.3, -0.25) is 9.59 Å². The van der Waals surface area contributed by atoms with E-state index in [4.69, 9.17) is 11.6 Å². The van der Waals surface area contributed by atoms with Crippen LogP contribution in [0.15, 0.2) is 54.7 Å². The summed E-state index contributed by atoms with van der Waals surface area (Å²) in [5.41, 5.74) is 3.00. The highest BCUT2D eigenvalue weighted by Gasteiger charge is 2.27. The monoisotopic (exact) mass is 354 g/mol. The number of carbonyl (C=O) groups is 2. The number of fused-ring (bicyclic) bond motifs is 1. The minimum Gasteiger partial charge on any atom is -0.352 e. The molecular formula is C20H19ClN2O2. The van der Waals surface area contributed by atoms with Gasteiger partial charge in [0.2, 0.25) is 11.8 Å². The fraction of sp³-hybridized carbons (Fsp3) is 0.200. The van der Waals surface area contributed by atoms with Crippen LogP contribution in [-0.2, 0) is 16.1 Å². The summed E-state index contributed by atoms with van der Waals surface area (Å²) in [4.78, 5) is 26.0. The van der Waals surface area contributed by atoms with E-state index in [2.05, 4.69) is 5.32 Å². The van der Waals surface area contributed by atoms with Crippen LogP contribution in [0.2, 0.25) is 5.02 Å². The molecule has 128 valence electrons. The molecular weight excluding hydrogens is 336 g/mol. The largest absolute Gasteiger partial charge is 0.352 e. The molecule has 5 heteroatoms. The lowest BCUT2D eigenvalue weighted by Crippen LogP contribution is -2.35. The van der Waals surface area contributed by atoms with Crippen LogP contribution in [0.1, 0.15) is 36.1 Å². The number of nitrogens with one attached hydrogen (secondary N) is 1. The highest BCUT2D eigenvalue weighted by atomic mass is 35.5. The van der Waals surface area contributed by atoms with E-state index in [0.29, 0.717) is 11.6 Å². The Labute approximate surface area is 152 Å². The highest BCUT2D eigenvalue weighted by Crippen LogP contribution is 2.32. The molecule has 2 aromatic rings. The number of hydrogen-bond acceptors (Lipinski definition) is 2. The minimum absolute atomic E-state index is 0.0822. The molecule has 1 aliphatic heterocycles. The maximum absolute atomic E-state index is 12.4. The van der Waals surface area contributed by atoms with E-state index < -0.39 is 0 Å². The molecule has 0 saturated heterocycles. The van der Waals surface area contributed by atoms with Crippen LogP contribution < -0.4 is 5.32 Å². The number of nitrogens with zero attached hydrogens (tertiary/aromatic N) is 1. The zero-order valence-corrected chi connectivity index (χ0v) is 14.7. The van der Waals surface area contributed by atoms with Crippen molar-refractivity contribution in [3.05, 3.63) is 76.4 Å². The number of halogens is 1. The Morgan fingerprint density at radius 2 is 1.84 bits per heavy atom. The number of carbonyl (C=O) groups excluding carboxylic acids is 2. The van der Waals surface area contributed by atoms with Crippen molar-refractivity contribution in [1.29, 1.82) is 0 Å². The van der Waals surface area contributed by atoms with Gasteiger partial charge in [0.05, 0.1) is 12.5 Å². The van der Waals surface area contributed by atoms with Crippen LogP contribution >= 0.6 is 11.6 Å². The Balaban J connectivity index is 1.70. The van der Waals surface area contributed by atoms with Gasteiger partial charge in [0.25, 0.3) is 0 Å². The second-order valence-corrected chi connectivity index (χ2v) is 6.43. The zero-order chi connectivity index (χ0) is 17.8. The first-order valence-electron chi connectivity index (χ1n) is 8.12. The Hall–Kier alpha value is -2.59. The van der Waals surface area contributed by atoms with E-state index in [1.54, 1.807) is 23.2 Å². The van der Waals surface area contributed by atoms with E-state index in [-0.39, 0.29) is 24.3 Å². The molecule has 0 unspecified atom stereocenters. The molecule has 0 aromatic heterocycles. The molecule has 2 aromatic carbocycles. The Kier molecular flexibility index (Phi) is 5.19. The standard InChI is InChI=1S/C20H19ClN2O2/c1-14(24)23-11-10-16-4-2-3-5-18(16)19(23)12-20(25)22-13-15-6-8-17(21)9-7-15/h2-11,19H,12-13H2,1H3,(H,22,25)/t19-/m0/s1. The van der Waals surface area contributed by atoms with Crippen LogP contribution in [-0.4, -0.2) is 16.7 Å². The Morgan fingerprint density at radius 3 is 2.56 bits per heavy atom. The summed E-state index contributed by atoms with van der Waals surface area (Å²) in [5, 5.41) is 3.58. The van der Waals surface area contributed by atoms with Crippen LogP contribution in [0.4, 0.5) is 0 Å². The first-order chi connectivity index (χ1) is 12.0. The van der Waals surface area contributed by atoms with Crippen LogP contribution in [0.25, 0.3) is 6.08 Å². The van der Waals surface area contributed by atoms with Gasteiger partial charge in [-0.15, -0.1) is 0 Å². The van der Waals surface area contributed by atoms with Gasteiger partial charge in [-0.1, -0.05) is 48.0 Å². The average molecular weight is 355 g/mol. The van der Waals surface area contributed by atoms with Crippen LogP contribution in [0.5, 0.6) is 0 Å². The SMILES string of the molecule is CC(=O)N1C=Cc2ccccc2[C@@H]1CC(=O)NCc1ccc(Cl)cc1. The molecule has 0 saturated carbocycles. The van der Waals surface area contributed by atoms with Crippen LogP contribution in [0, 0.1) is 0 Å². The molecule has 1 atom stereocenters. The fourth-order valence-electron chi connectivity index (χ4n) is 2.96. The van der Waals surface area contributed by atoms with Crippen molar-refractivity contribution >= 4 is 29.5 Å². The Bertz CT molecular complexity index is 815. The van der Waals surface area contributed by atoms with E-state index in [9.17, 15) is 9.59 Å². The van der Waals surface area contributed by atoms with Gasteiger partial charge in [-0.2, -0.15) is 0 Å². The molecule has 0 aliphatic carbocycles. The second kappa shape index (κ2) is 7.53. The molecule has 4 nitrogen and oxygen atoms in total. The molecule has 1 heterocycles. The summed E-state index contributed by atoms with van der Waals surface area (Å²) in [6, 6.07) is 14.9. The van der Waals surface area contributed by atoms with Crippen molar-refractivity contribution in [2.75, 3.05) is 0 Å². The number of rotatable bonds is 4. The highest BCUT2D eigenvalue weighted by molar-refractivity contribution is 6.30. The third-order valence-electron chi connectivity index (χ3n) is 4.25. The molecule has 1 aliphatic rings. The van der Waals surface area contributed by atoms with E-state index >= 15 is 0 Å². The van der Waals surface area contributed by atoms with Gasteiger partial charge in [0, 0.05) is 24.7 Å². The molecule has 0 spiro atoms. The fourth-order valence-corrected chi connectivity index (χ4v) is 3.09. The van der Waals surface area contributed by atoms with Crippen molar-refractivity contribution in [2.24, 2.45) is 0 Å².